The lowest BCUT2D eigenvalue weighted by molar-refractivity contribution is 0.102. The van der Waals surface area contributed by atoms with Crippen LogP contribution in [0.25, 0.3) is 0 Å². The molecule has 3 aromatic rings. The topological polar surface area (TPSA) is 84.5 Å². The average Bonchev–Trinajstić information content (AvgIpc) is 2.69. The Morgan fingerprint density at radius 2 is 1.69 bits per heavy atom. The van der Waals surface area contributed by atoms with Gasteiger partial charge in [0, 0.05) is 10.6 Å². The van der Waals surface area contributed by atoms with E-state index < -0.39 is 15.9 Å². The monoisotopic (exact) mass is 450 g/mol. The number of sulfonamides is 1. The van der Waals surface area contributed by atoms with Gasteiger partial charge in [0.25, 0.3) is 15.9 Å². The van der Waals surface area contributed by atoms with Gasteiger partial charge in [0.1, 0.15) is 5.75 Å². The maximum atomic E-state index is 12.8. The van der Waals surface area contributed by atoms with Gasteiger partial charge in [-0.2, -0.15) is 0 Å². The number of carbonyl (C=O) groups is 1. The van der Waals surface area contributed by atoms with Crippen LogP contribution in [0.3, 0.4) is 0 Å². The highest BCUT2D eigenvalue weighted by Gasteiger charge is 2.19. The van der Waals surface area contributed by atoms with E-state index in [-0.39, 0.29) is 21.3 Å². The number of anilines is 2. The van der Waals surface area contributed by atoms with E-state index in [1.165, 1.54) is 31.4 Å². The van der Waals surface area contributed by atoms with Gasteiger partial charge in [0.05, 0.1) is 28.4 Å². The van der Waals surface area contributed by atoms with Crippen molar-refractivity contribution in [3.63, 3.8) is 0 Å². The number of ether oxygens (including phenoxy) is 1. The van der Waals surface area contributed by atoms with Gasteiger partial charge < -0.3 is 10.1 Å². The minimum Gasteiger partial charge on any atom is -0.495 e. The summed E-state index contributed by atoms with van der Waals surface area (Å²) in [6.07, 6.45) is 0. The van der Waals surface area contributed by atoms with Crippen molar-refractivity contribution < 1.29 is 17.9 Å². The van der Waals surface area contributed by atoms with Gasteiger partial charge in [-0.15, -0.1) is 0 Å². The van der Waals surface area contributed by atoms with Crippen LogP contribution in [0.4, 0.5) is 11.4 Å². The smallest absolute Gasteiger partial charge is 0.262 e. The zero-order chi connectivity index (χ0) is 21.0. The number of amides is 1. The minimum atomic E-state index is -3.95. The summed E-state index contributed by atoms with van der Waals surface area (Å²) in [7, 11) is -2.54. The van der Waals surface area contributed by atoms with Crippen molar-refractivity contribution in [2.24, 2.45) is 0 Å². The number of para-hydroxylation sites is 1. The van der Waals surface area contributed by atoms with Crippen molar-refractivity contribution >= 4 is 50.5 Å². The first-order valence-electron chi connectivity index (χ1n) is 8.32. The Morgan fingerprint density at radius 3 is 2.38 bits per heavy atom. The molecule has 9 heteroatoms. The number of carbonyl (C=O) groups excluding carboxylic acids is 1. The number of benzene rings is 3. The first kappa shape index (κ1) is 21.0. The molecule has 150 valence electrons. The number of halogens is 2. The molecule has 0 aromatic heterocycles. The molecule has 6 nitrogen and oxygen atoms in total. The van der Waals surface area contributed by atoms with Gasteiger partial charge in [-0.05, 0) is 48.5 Å². The van der Waals surface area contributed by atoms with Gasteiger partial charge in [0.2, 0.25) is 0 Å². The van der Waals surface area contributed by atoms with Gasteiger partial charge in [-0.25, -0.2) is 8.42 Å². The quantitative estimate of drug-likeness (QED) is 0.549. The largest absolute Gasteiger partial charge is 0.495 e. The normalized spacial score (nSPS) is 11.0. The third kappa shape index (κ3) is 5.00. The second kappa shape index (κ2) is 8.73. The van der Waals surface area contributed by atoms with Gasteiger partial charge in [-0.3, -0.25) is 9.52 Å². The molecule has 0 aliphatic heterocycles. The molecule has 3 aromatic carbocycles. The first-order valence-corrected chi connectivity index (χ1v) is 10.6. The fraction of sp³-hybridized carbons (Fsp3) is 0.0500. The van der Waals surface area contributed by atoms with Crippen molar-refractivity contribution in [2.75, 3.05) is 17.1 Å². The van der Waals surface area contributed by atoms with Crippen LogP contribution in [0.5, 0.6) is 5.75 Å². The van der Waals surface area contributed by atoms with Crippen molar-refractivity contribution in [3.05, 3.63) is 82.3 Å². The van der Waals surface area contributed by atoms with Crippen molar-refractivity contribution in [2.45, 2.75) is 4.90 Å². The molecule has 2 N–H and O–H groups in total. The van der Waals surface area contributed by atoms with Crippen LogP contribution in [0, 0.1) is 0 Å². The third-order valence-corrected chi connectivity index (χ3v) is 5.86. The van der Waals surface area contributed by atoms with Crippen molar-refractivity contribution in [3.8, 4) is 5.75 Å². The summed E-state index contributed by atoms with van der Waals surface area (Å²) in [6.45, 7) is 0. The highest BCUT2D eigenvalue weighted by atomic mass is 35.5. The molecule has 29 heavy (non-hydrogen) atoms. The molecule has 3 rings (SSSR count). The van der Waals surface area contributed by atoms with E-state index in [9.17, 15) is 13.2 Å². The Balaban J connectivity index is 1.92. The Hall–Kier alpha value is -2.74. The molecule has 0 heterocycles. The standard InChI is InChI=1S/C20H16Cl2N2O4S/c1-28-19-10-9-15(29(26,27)24-17-8-3-2-7-16(17)22)12-18(19)23-20(25)13-5-4-6-14(21)11-13/h2-12,24H,1H3,(H,23,25). The average molecular weight is 451 g/mol. The number of methoxy groups -OCH3 is 1. The Morgan fingerprint density at radius 1 is 0.931 bits per heavy atom. The molecule has 0 aliphatic carbocycles. The van der Waals surface area contributed by atoms with E-state index in [2.05, 4.69) is 10.0 Å². The lowest BCUT2D eigenvalue weighted by Gasteiger charge is -2.14. The van der Waals surface area contributed by atoms with E-state index >= 15 is 0 Å². The van der Waals surface area contributed by atoms with E-state index in [4.69, 9.17) is 27.9 Å². The Kier molecular flexibility index (Phi) is 6.32. The van der Waals surface area contributed by atoms with Crippen LogP contribution in [0.1, 0.15) is 10.4 Å². The molecular weight excluding hydrogens is 435 g/mol. The van der Waals surface area contributed by atoms with E-state index in [1.54, 1.807) is 42.5 Å². The minimum absolute atomic E-state index is 0.0698. The number of hydrogen-bond donors (Lipinski definition) is 2. The number of rotatable bonds is 6. The summed E-state index contributed by atoms with van der Waals surface area (Å²) < 4.78 is 33.2. The maximum absolute atomic E-state index is 12.8. The molecule has 0 fully saturated rings. The number of hydrogen-bond acceptors (Lipinski definition) is 4. The molecule has 0 saturated heterocycles. The zero-order valence-electron chi connectivity index (χ0n) is 15.1. The predicted octanol–water partition coefficient (Wildman–Crippen LogP) is 5.06. The molecule has 0 aliphatic rings. The second-order valence-electron chi connectivity index (χ2n) is 5.91. The summed E-state index contributed by atoms with van der Waals surface area (Å²) in [5, 5.41) is 3.32. The highest BCUT2D eigenvalue weighted by molar-refractivity contribution is 7.92. The van der Waals surface area contributed by atoms with Crippen molar-refractivity contribution in [1.29, 1.82) is 0 Å². The van der Waals surface area contributed by atoms with Gasteiger partial charge in [0.15, 0.2) is 0 Å². The third-order valence-electron chi connectivity index (χ3n) is 3.93. The second-order valence-corrected chi connectivity index (χ2v) is 8.44. The van der Waals surface area contributed by atoms with Crippen LogP contribution < -0.4 is 14.8 Å². The summed E-state index contributed by atoms with van der Waals surface area (Å²) in [6, 6.07) is 17.0. The molecule has 0 radical (unpaired) electrons. The molecule has 1 amide bonds. The number of nitrogens with one attached hydrogen (secondary N) is 2. The zero-order valence-corrected chi connectivity index (χ0v) is 17.5. The lowest BCUT2D eigenvalue weighted by atomic mass is 10.2. The molecule has 0 spiro atoms. The van der Waals surface area contributed by atoms with E-state index in [0.717, 1.165) is 0 Å². The van der Waals surface area contributed by atoms with Crippen LogP contribution in [-0.2, 0) is 10.0 Å². The van der Waals surface area contributed by atoms with E-state index in [1.807, 2.05) is 0 Å². The maximum Gasteiger partial charge on any atom is 0.262 e. The van der Waals surface area contributed by atoms with E-state index in [0.29, 0.717) is 16.3 Å². The molecule has 0 unspecified atom stereocenters. The highest BCUT2D eigenvalue weighted by Crippen LogP contribution is 2.30. The fourth-order valence-electron chi connectivity index (χ4n) is 2.52. The molecule has 0 bridgehead atoms. The van der Waals surface area contributed by atoms with Crippen LogP contribution in [-0.4, -0.2) is 21.4 Å². The first-order chi connectivity index (χ1) is 13.8. The summed E-state index contributed by atoms with van der Waals surface area (Å²) in [5.41, 5.74) is 0.760. The molecule has 0 saturated carbocycles. The SMILES string of the molecule is COc1ccc(S(=O)(=O)Nc2ccccc2Cl)cc1NC(=O)c1cccc(Cl)c1. The van der Waals surface area contributed by atoms with Crippen LogP contribution in [0.2, 0.25) is 10.0 Å². The predicted molar refractivity (Wildman–Crippen MR) is 115 cm³/mol. The van der Waals surface area contributed by atoms with Crippen LogP contribution in [0.15, 0.2) is 71.6 Å². The molecule has 0 atom stereocenters. The van der Waals surface area contributed by atoms with Crippen LogP contribution >= 0.6 is 23.2 Å². The fourth-order valence-corrected chi connectivity index (χ4v) is 4.06. The lowest BCUT2D eigenvalue weighted by Crippen LogP contribution is -2.16. The summed E-state index contributed by atoms with van der Waals surface area (Å²) >= 11 is 12.0. The Bertz CT molecular complexity index is 1170. The van der Waals surface area contributed by atoms with Gasteiger partial charge in [-0.1, -0.05) is 41.4 Å². The van der Waals surface area contributed by atoms with Crippen molar-refractivity contribution in [1.82, 2.24) is 0 Å². The molecular formula is C20H16Cl2N2O4S. The van der Waals surface area contributed by atoms with Gasteiger partial charge >= 0.3 is 0 Å². The Labute approximate surface area is 178 Å². The summed E-state index contributed by atoms with van der Waals surface area (Å²) in [4.78, 5) is 12.5. The summed E-state index contributed by atoms with van der Waals surface area (Å²) in [5.74, 6) is -0.156.